The molecular weight excluding hydrogens is 306 g/mol. The van der Waals surface area contributed by atoms with Crippen molar-refractivity contribution in [3.05, 3.63) is 46.9 Å². The van der Waals surface area contributed by atoms with Crippen LogP contribution in [0.2, 0.25) is 0 Å². The number of carbonyl (C=O) groups excluding carboxylic acids is 1. The van der Waals surface area contributed by atoms with Gasteiger partial charge in [0.05, 0.1) is 42.2 Å². The molecule has 1 aliphatic rings. The summed E-state index contributed by atoms with van der Waals surface area (Å²) in [6, 6.07) is 5.53. The second kappa shape index (κ2) is 5.76. The van der Waals surface area contributed by atoms with Crippen LogP contribution in [0.15, 0.2) is 24.4 Å². The van der Waals surface area contributed by atoms with Gasteiger partial charge in [-0.15, -0.1) is 0 Å². The molecule has 0 spiro atoms. The van der Waals surface area contributed by atoms with Crippen LogP contribution in [0.1, 0.15) is 33.4 Å². The fourth-order valence-corrected chi connectivity index (χ4v) is 3.44. The molecule has 24 heavy (non-hydrogen) atoms. The number of carbonyl (C=O) groups is 1. The monoisotopic (exact) mass is 325 g/mol. The summed E-state index contributed by atoms with van der Waals surface area (Å²) < 4.78 is 5.65. The number of rotatable bonds is 2. The standard InChI is InChI=1S/C17H19N5O2/c1-10-15(11(2)20-19-10)14-9-24-7-6-22(14)17(23)13-5-3-4-12-8-18-21-16(12)13/h3-5,8,14H,6-7,9H2,1-2H3,(H,18,21)(H,19,20)/t14-/m1/s1. The van der Waals surface area contributed by atoms with Gasteiger partial charge in [-0.25, -0.2) is 0 Å². The molecule has 0 aliphatic carbocycles. The topological polar surface area (TPSA) is 86.9 Å². The highest BCUT2D eigenvalue weighted by molar-refractivity contribution is 6.05. The number of nitrogens with one attached hydrogen (secondary N) is 2. The molecule has 3 aromatic rings. The van der Waals surface area contributed by atoms with Gasteiger partial charge in [-0.1, -0.05) is 12.1 Å². The molecular formula is C17H19N5O2. The first-order valence-corrected chi connectivity index (χ1v) is 7.99. The Balaban J connectivity index is 1.75. The van der Waals surface area contributed by atoms with Crippen molar-refractivity contribution >= 4 is 16.8 Å². The summed E-state index contributed by atoms with van der Waals surface area (Å²) in [5.41, 5.74) is 4.32. The minimum Gasteiger partial charge on any atom is -0.377 e. The Hall–Kier alpha value is -2.67. The molecule has 0 radical (unpaired) electrons. The molecule has 2 N–H and O–H groups in total. The van der Waals surface area contributed by atoms with Crippen LogP contribution in [0.25, 0.3) is 10.9 Å². The highest BCUT2D eigenvalue weighted by Gasteiger charge is 2.33. The van der Waals surface area contributed by atoms with E-state index in [2.05, 4.69) is 20.4 Å². The molecule has 1 atom stereocenters. The third-order valence-corrected chi connectivity index (χ3v) is 4.61. The second-order valence-corrected chi connectivity index (χ2v) is 6.08. The Morgan fingerprint density at radius 1 is 1.33 bits per heavy atom. The van der Waals surface area contributed by atoms with Crippen LogP contribution in [0.4, 0.5) is 0 Å². The molecule has 1 saturated heterocycles. The number of morpholine rings is 1. The van der Waals surface area contributed by atoms with Gasteiger partial charge in [0.2, 0.25) is 0 Å². The average molecular weight is 325 g/mol. The van der Waals surface area contributed by atoms with E-state index >= 15 is 0 Å². The maximum Gasteiger partial charge on any atom is 0.256 e. The molecule has 1 amide bonds. The zero-order valence-electron chi connectivity index (χ0n) is 13.7. The van der Waals surface area contributed by atoms with Crippen molar-refractivity contribution in [1.82, 2.24) is 25.3 Å². The maximum absolute atomic E-state index is 13.2. The Morgan fingerprint density at radius 3 is 3.00 bits per heavy atom. The Labute approximate surface area is 139 Å². The molecule has 1 aromatic carbocycles. The molecule has 7 nitrogen and oxygen atoms in total. The zero-order valence-corrected chi connectivity index (χ0v) is 13.7. The van der Waals surface area contributed by atoms with Crippen LogP contribution in [0.3, 0.4) is 0 Å². The fraction of sp³-hybridized carbons (Fsp3) is 0.353. The van der Waals surface area contributed by atoms with E-state index in [9.17, 15) is 4.79 Å². The van der Waals surface area contributed by atoms with E-state index in [1.807, 2.05) is 36.9 Å². The van der Waals surface area contributed by atoms with Crippen LogP contribution in [-0.2, 0) is 4.74 Å². The van der Waals surface area contributed by atoms with Crippen molar-refractivity contribution in [2.75, 3.05) is 19.8 Å². The molecule has 0 unspecified atom stereocenters. The highest BCUT2D eigenvalue weighted by Crippen LogP contribution is 2.30. The Kier molecular flexibility index (Phi) is 3.57. The smallest absolute Gasteiger partial charge is 0.256 e. The Bertz CT molecular complexity index is 878. The van der Waals surface area contributed by atoms with Crippen LogP contribution in [0, 0.1) is 13.8 Å². The molecule has 3 heterocycles. The highest BCUT2D eigenvalue weighted by atomic mass is 16.5. The minimum absolute atomic E-state index is 0.0156. The van der Waals surface area contributed by atoms with E-state index in [1.165, 1.54) is 0 Å². The number of hydrogen-bond donors (Lipinski definition) is 2. The fourth-order valence-electron chi connectivity index (χ4n) is 3.44. The second-order valence-electron chi connectivity index (χ2n) is 6.08. The van der Waals surface area contributed by atoms with Gasteiger partial charge in [-0.05, 0) is 19.9 Å². The maximum atomic E-state index is 13.2. The number of para-hydroxylation sites is 1. The summed E-state index contributed by atoms with van der Waals surface area (Å²) in [5.74, 6) is -0.0156. The van der Waals surface area contributed by atoms with Crippen molar-refractivity contribution < 1.29 is 9.53 Å². The van der Waals surface area contributed by atoms with Crippen molar-refractivity contribution in [1.29, 1.82) is 0 Å². The third-order valence-electron chi connectivity index (χ3n) is 4.61. The van der Waals surface area contributed by atoms with Gasteiger partial charge < -0.3 is 9.64 Å². The van der Waals surface area contributed by atoms with Crippen LogP contribution in [0.5, 0.6) is 0 Å². The number of aromatic amines is 2. The normalized spacial score (nSPS) is 18.2. The molecule has 7 heteroatoms. The predicted molar refractivity (Wildman–Crippen MR) is 88.8 cm³/mol. The first-order chi connectivity index (χ1) is 11.7. The van der Waals surface area contributed by atoms with Gasteiger partial charge in [0.25, 0.3) is 5.91 Å². The summed E-state index contributed by atoms with van der Waals surface area (Å²) >= 11 is 0. The number of aryl methyl sites for hydroxylation is 2. The number of amides is 1. The van der Waals surface area contributed by atoms with Crippen LogP contribution in [-0.4, -0.2) is 51.0 Å². The van der Waals surface area contributed by atoms with Gasteiger partial charge in [0.1, 0.15) is 0 Å². The lowest BCUT2D eigenvalue weighted by Crippen LogP contribution is -2.43. The van der Waals surface area contributed by atoms with Crippen molar-refractivity contribution in [3.63, 3.8) is 0 Å². The lowest BCUT2D eigenvalue weighted by atomic mass is 10.0. The summed E-state index contributed by atoms with van der Waals surface area (Å²) in [4.78, 5) is 15.1. The van der Waals surface area contributed by atoms with Gasteiger partial charge >= 0.3 is 0 Å². The lowest BCUT2D eigenvalue weighted by molar-refractivity contribution is -0.00292. The Morgan fingerprint density at radius 2 is 2.21 bits per heavy atom. The van der Waals surface area contributed by atoms with Gasteiger partial charge in [-0.2, -0.15) is 10.2 Å². The van der Waals surface area contributed by atoms with Gasteiger partial charge in [0, 0.05) is 23.2 Å². The predicted octanol–water partition coefficient (Wildman–Crippen LogP) is 2.12. The van der Waals surface area contributed by atoms with E-state index in [1.54, 1.807) is 6.20 Å². The first-order valence-electron chi connectivity index (χ1n) is 7.99. The number of ether oxygens (including phenoxy) is 1. The van der Waals surface area contributed by atoms with E-state index in [0.717, 1.165) is 27.9 Å². The quantitative estimate of drug-likeness (QED) is 0.755. The number of benzene rings is 1. The summed E-state index contributed by atoms with van der Waals surface area (Å²) in [7, 11) is 0. The molecule has 0 bridgehead atoms. The minimum atomic E-state index is -0.136. The molecule has 0 saturated carbocycles. The molecule has 124 valence electrons. The number of hydrogen-bond acceptors (Lipinski definition) is 4. The van der Waals surface area contributed by atoms with Crippen LogP contribution < -0.4 is 0 Å². The van der Waals surface area contributed by atoms with Crippen LogP contribution >= 0.6 is 0 Å². The first kappa shape index (κ1) is 14.9. The number of fused-ring (bicyclic) bond motifs is 1. The van der Waals surface area contributed by atoms with E-state index in [-0.39, 0.29) is 11.9 Å². The average Bonchev–Trinajstić information content (AvgIpc) is 3.20. The van der Waals surface area contributed by atoms with Crippen molar-refractivity contribution in [3.8, 4) is 0 Å². The molecule has 4 rings (SSSR count). The van der Waals surface area contributed by atoms with E-state index in [0.29, 0.717) is 25.3 Å². The largest absolute Gasteiger partial charge is 0.377 e. The lowest BCUT2D eigenvalue weighted by Gasteiger charge is -2.36. The van der Waals surface area contributed by atoms with E-state index in [4.69, 9.17) is 4.74 Å². The third kappa shape index (κ3) is 2.28. The summed E-state index contributed by atoms with van der Waals surface area (Å²) in [6.45, 7) is 5.50. The van der Waals surface area contributed by atoms with Gasteiger partial charge in [0.15, 0.2) is 0 Å². The van der Waals surface area contributed by atoms with Crippen molar-refractivity contribution in [2.45, 2.75) is 19.9 Å². The number of aromatic nitrogens is 4. The zero-order chi connectivity index (χ0) is 16.7. The van der Waals surface area contributed by atoms with Crippen molar-refractivity contribution in [2.24, 2.45) is 0 Å². The molecule has 2 aromatic heterocycles. The number of H-pyrrole nitrogens is 2. The summed E-state index contributed by atoms with van der Waals surface area (Å²) in [6.07, 6.45) is 1.73. The van der Waals surface area contributed by atoms with Gasteiger partial charge in [-0.3, -0.25) is 15.0 Å². The SMILES string of the molecule is Cc1n[nH]c(C)c1[C@H]1COCCN1C(=O)c1cccc2cn[nH]c12. The molecule has 1 aliphatic heterocycles. The van der Waals surface area contributed by atoms with E-state index < -0.39 is 0 Å². The number of nitrogens with zero attached hydrogens (tertiary/aromatic N) is 3. The molecule has 1 fully saturated rings. The summed E-state index contributed by atoms with van der Waals surface area (Å²) in [5, 5.41) is 15.2.